The van der Waals surface area contributed by atoms with Crippen molar-refractivity contribution in [1.29, 1.82) is 0 Å². The lowest BCUT2D eigenvalue weighted by molar-refractivity contribution is -0.116. The number of fused-ring (bicyclic) bond motifs is 1. The molecule has 0 aliphatic rings. The Morgan fingerprint density at radius 3 is 2.26 bits per heavy atom. The van der Waals surface area contributed by atoms with Gasteiger partial charge in [0.05, 0.1) is 0 Å². The maximum Gasteiger partial charge on any atom is 0.245 e. The molecule has 1 atom stereocenters. The van der Waals surface area contributed by atoms with Crippen molar-refractivity contribution < 1.29 is 4.79 Å². The second-order valence-electron chi connectivity index (χ2n) is 5.93. The molecular weight excluding hydrogens is 403 g/mol. The molecule has 0 spiro atoms. The molecular formula is C21H17Cl3N2O. The first kappa shape index (κ1) is 19.6. The summed E-state index contributed by atoms with van der Waals surface area (Å²) in [6.45, 7) is 0. The van der Waals surface area contributed by atoms with Crippen molar-refractivity contribution in [3.8, 4) is 0 Å². The summed E-state index contributed by atoms with van der Waals surface area (Å²) in [5, 5.41) is 7.91. The summed E-state index contributed by atoms with van der Waals surface area (Å²) in [6.07, 6.45) is 2.19. The molecule has 6 heteroatoms. The first-order chi connectivity index (χ1) is 12.9. The Morgan fingerprint density at radius 2 is 1.56 bits per heavy atom. The van der Waals surface area contributed by atoms with Gasteiger partial charge in [-0.3, -0.25) is 4.79 Å². The minimum atomic E-state index is -1.73. The van der Waals surface area contributed by atoms with E-state index in [0.29, 0.717) is 0 Å². The van der Waals surface area contributed by atoms with Crippen molar-refractivity contribution in [2.45, 2.75) is 9.96 Å². The van der Waals surface area contributed by atoms with E-state index in [1.165, 1.54) is 6.08 Å². The number of rotatable bonds is 5. The van der Waals surface area contributed by atoms with Gasteiger partial charge in [0, 0.05) is 11.8 Å². The van der Waals surface area contributed by atoms with Gasteiger partial charge in [0.25, 0.3) is 0 Å². The average Bonchev–Trinajstić information content (AvgIpc) is 2.66. The van der Waals surface area contributed by atoms with Crippen LogP contribution in [0.25, 0.3) is 16.8 Å². The van der Waals surface area contributed by atoms with Gasteiger partial charge < -0.3 is 10.6 Å². The number of carbonyl (C=O) groups excluding carboxylic acids is 1. The van der Waals surface area contributed by atoms with Crippen molar-refractivity contribution >= 4 is 63.2 Å². The van der Waals surface area contributed by atoms with E-state index in [1.807, 2.05) is 72.8 Å². The minimum Gasteiger partial charge on any atom is -0.362 e. The largest absolute Gasteiger partial charge is 0.362 e. The zero-order valence-corrected chi connectivity index (χ0v) is 16.5. The molecule has 0 radical (unpaired) electrons. The average molecular weight is 420 g/mol. The number of anilines is 1. The van der Waals surface area contributed by atoms with E-state index < -0.39 is 9.96 Å². The predicted octanol–water partition coefficient (Wildman–Crippen LogP) is 5.78. The normalized spacial score (nSPS) is 12.9. The van der Waals surface area contributed by atoms with Gasteiger partial charge in [-0.25, -0.2) is 0 Å². The van der Waals surface area contributed by atoms with Gasteiger partial charge in [0.15, 0.2) is 0 Å². The van der Waals surface area contributed by atoms with Gasteiger partial charge in [0.2, 0.25) is 9.70 Å². The lowest BCUT2D eigenvalue weighted by Crippen LogP contribution is -2.48. The molecule has 1 amide bonds. The second kappa shape index (κ2) is 8.66. The maximum absolute atomic E-state index is 12.3. The van der Waals surface area contributed by atoms with Gasteiger partial charge in [-0.2, -0.15) is 0 Å². The van der Waals surface area contributed by atoms with Crippen molar-refractivity contribution in [2.24, 2.45) is 0 Å². The van der Waals surface area contributed by atoms with Crippen LogP contribution in [0.2, 0.25) is 0 Å². The standard InChI is InChI=1S/C21H17Cl3N2O/c22-21(23,24)20(26-19(27)13-10-15-6-2-1-3-7-15)25-18-12-11-16-8-4-5-9-17(16)14-18/h1-14,20,25H,(H,26,27)/b13-10+. The van der Waals surface area contributed by atoms with Crippen LogP contribution in [-0.4, -0.2) is 15.9 Å². The highest BCUT2D eigenvalue weighted by Crippen LogP contribution is 2.31. The fourth-order valence-corrected chi connectivity index (χ4v) is 2.90. The zero-order valence-electron chi connectivity index (χ0n) is 14.2. The van der Waals surface area contributed by atoms with Gasteiger partial charge in [-0.1, -0.05) is 95.5 Å². The third-order valence-electron chi connectivity index (χ3n) is 3.90. The third-order valence-corrected chi connectivity index (χ3v) is 4.56. The van der Waals surface area contributed by atoms with E-state index in [-0.39, 0.29) is 5.91 Å². The molecule has 3 nitrogen and oxygen atoms in total. The fraction of sp³-hybridized carbons (Fsp3) is 0.0952. The SMILES string of the molecule is O=C(/C=C/c1ccccc1)NC(Nc1ccc2ccccc2c1)C(Cl)(Cl)Cl. The number of hydrogen-bond acceptors (Lipinski definition) is 2. The van der Waals surface area contributed by atoms with E-state index in [2.05, 4.69) is 10.6 Å². The predicted molar refractivity (Wildman–Crippen MR) is 115 cm³/mol. The van der Waals surface area contributed by atoms with Crippen LogP contribution in [0.15, 0.2) is 78.9 Å². The van der Waals surface area contributed by atoms with Gasteiger partial charge in [0.1, 0.15) is 6.17 Å². The summed E-state index contributed by atoms with van der Waals surface area (Å²) >= 11 is 18.2. The number of amides is 1. The second-order valence-corrected chi connectivity index (χ2v) is 8.30. The molecule has 3 aromatic carbocycles. The first-order valence-corrected chi connectivity index (χ1v) is 9.41. The molecule has 0 saturated carbocycles. The Balaban J connectivity index is 1.73. The molecule has 3 rings (SSSR count). The topological polar surface area (TPSA) is 41.1 Å². The summed E-state index contributed by atoms with van der Waals surface area (Å²) in [5.41, 5.74) is 1.64. The highest BCUT2D eigenvalue weighted by molar-refractivity contribution is 6.68. The Labute approximate surface area is 172 Å². The Bertz CT molecular complexity index is 952. The summed E-state index contributed by atoms with van der Waals surface area (Å²) in [4.78, 5) is 12.3. The molecule has 0 aliphatic heterocycles. The first-order valence-electron chi connectivity index (χ1n) is 8.27. The molecule has 0 aliphatic carbocycles. The summed E-state index contributed by atoms with van der Waals surface area (Å²) in [6, 6.07) is 23.2. The molecule has 0 bridgehead atoms. The number of alkyl halides is 3. The van der Waals surface area contributed by atoms with Crippen molar-refractivity contribution in [3.63, 3.8) is 0 Å². The van der Waals surface area contributed by atoms with Crippen LogP contribution in [-0.2, 0) is 4.79 Å². The molecule has 1 unspecified atom stereocenters. The van der Waals surface area contributed by atoms with E-state index in [4.69, 9.17) is 34.8 Å². The van der Waals surface area contributed by atoms with Gasteiger partial charge >= 0.3 is 0 Å². The summed E-state index contributed by atoms with van der Waals surface area (Å²) in [5.74, 6) is -0.372. The van der Waals surface area contributed by atoms with E-state index in [0.717, 1.165) is 22.0 Å². The Hall–Kier alpha value is -2.20. The molecule has 138 valence electrons. The van der Waals surface area contributed by atoms with Crippen molar-refractivity contribution in [2.75, 3.05) is 5.32 Å². The minimum absolute atomic E-state index is 0.372. The smallest absolute Gasteiger partial charge is 0.245 e. The van der Waals surface area contributed by atoms with Crippen molar-refractivity contribution in [3.05, 3.63) is 84.4 Å². The summed E-state index contributed by atoms with van der Waals surface area (Å²) in [7, 11) is 0. The van der Waals surface area contributed by atoms with Crippen LogP contribution in [0, 0.1) is 0 Å². The fourth-order valence-electron chi connectivity index (χ4n) is 2.57. The molecule has 2 N–H and O–H groups in total. The molecule has 0 saturated heterocycles. The monoisotopic (exact) mass is 418 g/mol. The highest BCUT2D eigenvalue weighted by Gasteiger charge is 2.33. The van der Waals surface area contributed by atoms with Crippen LogP contribution in [0.5, 0.6) is 0 Å². The quantitative estimate of drug-likeness (QED) is 0.313. The number of nitrogens with one attached hydrogen (secondary N) is 2. The van der Waals surface area contributed by atoms with Crippen LogP contribution in [0.3, 0.4) is 0 Å². The number of carbonyl (C=O) groups is 1. The third kappa shape index (κ3) is 5.64. The Morgan fingerprint density at radius 1 is 0.889 bits per heavy atom. The molecule has 0 heterocycles. The van der Waals surface area contributed by atoms with Crippen LogP contribution >= 0.6 is 34.8 Å². The molecule has 27 heavy (non-hydrogen) atoms. The van der Waals surface area contributed by atoms with Crippen LogP contribution in [0.1, 0.15) is 5.56 Å². The van der Waals surface area contributed by atoms with E-state index in [1.54, 1.807) is 6.08 Å². The van der Waals surface area contributed by atoms with Crippen LogP contribution in [0.4, 0.5) is 5.69 Å². The van der Waals surface area contributed by atoms with E-state index in [9.17, 15) is 4.79 Å². The highest BCUT2D eigenvalue weighted by atomic mass is 35.6. The lowest BCUT2D eigenvalue weighted by Gasteiger charge is -2.27. The lowest BCUT2D eigenvalue weighted by atomic mass is 10.1. The maximum atomic E-state index is 12.3. The van der Waals surface area contributed by atoms with Gasteiger partial charge in [-0.15, -0.1) is 0 Å². The molecule has 3 aromatic rings. The van der Waals surface area contributed by atoms with Gasteiger partial charge in [-0.05, 0) is 34.5 Å². The Kier molecular flexibility index (Phi) is 6.27. The van der Waals surface area contributed by atoms with Crippen molar-refractivity contribution in [1.82, 2.24) is 5.32 Å². The van der Waals surface area contributed by atoms with E-state index >= 15 is 0 Å². The number of hydrogen-bond donors (Lipinski definition) is 2. The van der Waals surface area contributed by atoms with Crippen LogP contribution < -0.4 is 10.6 Å². The number of benzene rings is 3. The summed E-state index contributed by atoms with van der Waals surface area (Å²) < 4.78 is -1.73. The number of halogens is 3. The zero-order chi connectivity index (χ0) is 19.3. The molecule has 0 fully saturated rings. The molecule has 0 aromatic heterocycles.